The van der Waals surface area contributed by atoms with E-state index in [2.05, 4.69) is 15.3 Å². The fraction of sp³-hybridized carbons (Fsp3) is 0.308. The second kappa shape index (κ2) is 9.85. The van der Waals surface area contributed by atoms with E-state index in [4.69, 9.17) is 0 Å². The average Bonchev–Trinajstić information content (AvgIpc) is 3.38. The van der Waals surface area contributed by atoms with Crippen molar-refractivity contribution in [2.45, 2.75) is 38.9 Å². The molecule has 0 bridgehead atoms. The highest BCUT2D eigenvalue weighted by molar-refractivity contribution is 6.01. The minimum Gasteiger partial charge on any atom is -0.345 e. The Kier molecular flexibility index (Phi) is 6.86. The van der Waals surface area contributed by atoms with Crippen LogP contribution in [0.25, 0.3) is 11.3 Å². The lowest BCUT2D eigenvalue weighted by Crippen LogP contribution is -2.29. The van der Waals surface area contributed by atoms with Gasteiger partial charge in [0.25, 0.3) is 11.8 Å². The molecule has 0 saturated carbocycles. The molecule has 3 aromatic rings. The maximum Gasteiger partial charge on any atom is 0.433 e. The van der Waals surface area contributed by atoms with Crippen molar-refractivity contribution in [2.24, 2.45) is 0 Å². The summed E-state index contributed by atoms with van der Waals surface area (Å²) in [6.07, 6.45) is 0.161. The van der Waals surface area contributed by atoms with Crippen LogP contribution in [0.2, 0.25) is 0 Å². The van der Waals surface area contributed by atoms with Crippen molar-refractivity contribution in [1.82, 2.24) is 20.2 Å². The van der Waals surface area contributed by atoms with Crippen LogP contribution in [-0.4, -0.2) is 39.8 Å². The Labute approximate surface area is 201 Å². The second-order valence-corrected chi connectivity index (χ2v) is 8.69. The zero-order valence-electron chi connectivity index (χ0n) is 19.4. The first-order valence-corrected chi connectivity index (χ1v) is 11.3. The highest BCUT2D eigenvalue weighted by Gasteiger charge is 2.32. The molecule has 182 valence electrons. The summed E-state index contributed by atoms with van der Waals surface area (Å²) in [7, 11) is 0. The van der Waals surface area contributed by atoms with Gasteiger partial charge in [0.05, 0.1) is 11.7 Å². The normalized spacial score (nSPS) is 14.6. The first-order chi connectivity index (χ1) is 16.6. The van der Waals surface area contributed by atoms with Crippen molar-refractivity contribution >= 4 is 11.8 Å². The topological polar surface area (TPSA) is 75.2 Å². The van der Waals surface area contributed by atoms with Gasteiger partial charge in [-0.3, -0.25) is 19.6 Å². The predicted octanol–water partition coefficient (Wildman–Crippen LogP) is 5.20. The van der Waals surface area contributed by atoms with E-state index in [9.17, 15) is 22.8 Å². The molecule has 9 heteroatoms. The summed E-state index contributed by atoms with van der Waals surface area (Å²) in [5.74, 6) is -0.604. The smallest absolute Gasteiger partial charge is 0.345 e. The zero-order valence-corrected chi connectivity index (χ0v) is 19.4. The minimum absolute atomic E-state index is 0.148. The number of hydrogen-bond acceptors (Lipinski definition) is 4. The van der Waals surface area contributed by atoms with Gasteiger partial charge in [-0.2, -0.15) is 13.2 Å². The molecule has 2 amide bonds. The Morgan fingerprint density at radius 2 is 1.69 bits per heavy atom. The molecule has 1 fully saturated rings. The van der Waals surface area contributed by atoms with Crippen LogP contribution in [-0.2, 0) is 6.18 Å². The highest BCUT2D eigenvalue weighted by Crippen LogP contribution is 2.28. The van der Waals surface area contributed by atoms with Gasteiger partial charge in [0.15, 0.2) is 0 Å². The Morgan fingerprint density at radius 3 is 2.29 bits per heavy atom. The molecule has 0 spiro atoms. The quantitative estimate of drug-likeness (QED) is 0.543. The number of aromatic nitrogens is 2. The maximum atomic E-state index is 13.1. The third-order valence-electron chi connectivity index (χ3n) is 5.97. The highest BCUT2D eigenvalue weighted by atomic mass is 19.4. The van der Waals surface area contributed by atoms with Gasteiger partial charge in [0.2, 0.25) is 0 Å². The third-order valence-corrected chi connectivity index (χ3v) is 5.97. The van der Waals surface area contributed by atoms with Gasteiger partial charge < -0.3 is 10.2 Å². The molecular formula is C26H25F3N4O2. The van der Waals surface area contributed by atoms with E-state index in [0.717, 1.165) is 30.7 Å². The number of amides is 2. The van der Waals surface area contributed by atoms with Crippen molar-refractivity contribution < 1.29 is 22.8 Å². The van der Waals surface area contributed by atoms with Crippen LogP contribution in [0.5, 0.6) is 0 Å². The van der Waals surface area contributed by atoms with E-state index in [1.165, 1.54) is 6.07 Å². The molecule has 0 radical (unpaired) electrons. The summed E-state index contributed by atoms with van der Waals surface area (Å²) in [6.45, 7) is 4.92. The number of aryl methyl sites for hydroxylation is 1. The van der Waals surface area contributed by atoms with Gasteiger partial charge in [0, 0.05) is 42.2 Å². The number of benzene rings is 1. The Hall–Kier alpha value is -3.75. The lowest BCUT2D eigenvalue weighted by Gasteiger charge is -2.18. The molecule has 6 nitrogen and oxygen atoms in total. The van der Waals surface area contributed by atoms with Crippen molar-refractivity contribution in [3.63, 3.8) is 0 Å². The van der Waals surface area contributed by atoms with E-state index >= 15 is 0 Å². The number of pyridine rings is 2. The molecule has 1 saturated heterocycles. The predicted molar refractivity (Wildman–Crippen MR) is 125 cm³/mol. The Balaban J connectivity index is 1.62. The fourth-order valence-corrected chi connectivity index (χ4v) is 3.96. The van der Waals surface area contributed by atoms with Crippen LogP contribution >= 0.6 is 0 Å². The first kappa shape index (κ1) is 24.4. The molecular weight excluding hydrogens is 457 g/mol. The van der Waals surface area contributed by atoms with Crippen LogP contribution in [0.15, 0.2) is 54.9 Å². The molecule has 0 unspecified atom stereocenters. The van der Waals surface area contributed by atoms with Gasteiger partial charge in [-0.05, 0) is 68.1 Å². The minimum atomic E-state index is -4.53. The lowest BCUT2D eigenvalue weighted by atomic mass is 10.0. The van der Waals surface area contributed by atoms with E-state index < -0.39 is 23.8 Å². The summed E-state index contributed by atoms with van der Waals surface area (Å²) < 4.78 is 38.4. The molecule has 1 atom stereocenters. The summed E-state index contributed by atoms with van der Waals surface area (Å²) in [5, 5.41) is 2.79. The van der Waals surface area contributed by atoms with E-state index in [0.29, 0.717) is 35.5 Å². The van der Waals surface area contributed by atoms with Crippen molar-refractivity contribution in [2.75, 3.05) is 13.1 Å². The van der Waals surface area contributed by atoms with Gasteiger partial charge >= 0.3 is 6.18 Å². The van der Waals surface area contributed by atoms with Gasteiger partial charge in [-0.25, -0.2) is 0 Å². The molecule has 0 aliphatic carbocycles. The summed E-state index contributed by atoms with van der Waals surface area (Å²) in [4.78, 5) is 35.9. The number of rotatable bonds is 5. The molecule has 3 heterocycles. The van der Waals surface area contributed by atoms with Crippen LogP contribution in [0.4, 0.5) is 13.2 Å². The average molecular weight is 483 g/mol. The van der Waals surface area contributed by atoms with Crippen molar-refractivity contribution in [1.29, 1.82) is 0 Å². The number of carbonyl (C=O) groups is 2. The summed E-state index contributed by atoms with van der Waals surface area (Å²) in [6, 6.07) is 10.2. The standard InChI is InChI=1S/C26H25F3N4O2/c1-16-5-7-22(30-14-16)19-11-20(13-21(12-19)25(35)33-9-3-4-10-33)24(34)32-17(2)18-6-8-23(31-15-18)26(27,28)29/h5-8,11-15,17H,3-4,9-10H2,1-2H3,(H,32,34)/t17-/m1/s1. The fourth-order valence-electron chi connectivity index (χ4n) is 3.96. The number of halogens is 3. The third kappa shape index (κ3) is 5.67. The molecule has 1 aliphatic heterocycles. The Morgan fingerprint density at radius 1 is 0.971 bits per heavy atom. The monoisotopic (exact) mass is 482 g/mol. The molecule has 35 heavy (non-hydrogen) atoms. The molecule has 1 aromatic carbocycles. The van der Waals surface area contributed by atoms with E-state index in [1.54, 1.807) is 36.2 Å². The molecule has 1 aliphatic rings. The maximum absolute atomic E-state index is 13.1. The van der Waals surface area contributed by atoms with Crippen LogP contribution in [0.3, 0.4) is 0 Å². The molecule has 1 N–H and O–H groups in total. The SMILES string of the molecule is Cc1ccc(-c2cc(C(=O)N[C@H](C)c3ccc(C(F)(F)F)nc3)cc(C(=O)N3CCCC3)c2)nc1. The largest absolute Gasteiger partial charge is 0.433 e. The zero-order chi connectivity index (χ0) is 25.2. The van der Waals surface area contributed by atoms with Crippen LogP contribution < -0.4 is 5.32 Å². The second-order valence-electron chi connectivity index (χ2n) is 8.69. The summed E-state index contributed by atoms with van der Waals surface area (Å²) in [5.41, 5.74) is 2.32. The Bertz CT molecular complexity index is 1220. The first-order valence-electron chi connectivity index (χ1n) is 11.3. The van der Waals surface area contributed by atoms with Crippen molar-refractivity contribution in [3.05, 3.63) is 82.8 Å². The van der Waals surface area contributed by atoms with Crippen LogP contribution in [0, 0.1) is 6.92 Å². The van der Waals surface area contributed by atoms with Gasteiger partial charge in [0.1, 0.15) is 5.69 Å². The van der Waals surface area contributed by atoms with E-state index in [-0.39, 0.29) is 11.5 Å². The van der Waals surface area contributed by atoms with Gasteiger partial charge in [-0.1, -0.05) is 12.1 Å². The van der Waals surface area contributed by atoms with Crippen molar-refractivity contribution in [3.8, 4) is 11.3 Å². The lowest BCUT2D eigenvalue weighted by molar-refractivity contribution is -0.141. The van der Waals surface area contributed by atoms with E-state index in [1.807, 2.05) is 19.1 Å². The van der Waals surface area contributed by atoms with Crippen LogP contribution in [0.1, 0.15) is 63.3 Å². The molecule has 2 aromatic heterocycles. The number of nitrogens with zero attached hydrogens (tertiary/aromatic N) is 3. The van der Waals surface area contributed by atoms with Gasteiger partial charge in [-0.15, -0.1) is 0 Å². The molecule has 4 rings (SSSR count). The number of alkyl halides is 3. The number of nitrogens with one attached hydrogen (secondary N) is 1. The number of carbonyl (C=O) groups excluding carboxylic acids is 2. The summed E-state index contributed by atoms with van der Waals surface area (Å²) >= 11 is 0. The number of likely N-dealkylation sites (tertiary alicyclic amines) is 1. The number of hydrogen-bond donors (Lipinski definition) is 1.